The molecule has 0 radical (unpaired) electrons. The summed E-state index contributed by atoms with van der Waals surface area (Å²) in [5.74, 6) is -0.101. The van der Waals surface area contributed by atoms with Gasteiger partial charge in [0.15, 0.2) is 17.7 Å². The van der Waals surface area contributed by atoms with Gasteiger partial charge < -0.3 is 28.6 Å². The van der Waals surface area contributed by atoms with Crippen molar-refractivity contribution in [3.8, 4) is 0 Å². The third-order valence-corrected chi connectivity index (χ3v) is 9.28. The monoisotopic (exact) mass is 505 g/mol. The summed E-state index contributed by atoms with van der Waals surface area (Å²) in [5, 5.41) is 0.199. The number of benzene rings is 1. The van der Waals surface area contributed by atoms with Gasteiger partial charge in [0, 0.05) is 18.3 Å². The number of hydrogen-bond donors (Lipinski definition) is 0. The van der Waals surface area contributed by atoms with Crippen molar-refractivity contribution in [3.05, 3.63) is 35.9 Å². The highest BCUT2D eigenvalue weighted by molar-refractivity contribution is 8.00. The zero-order valence-electron chi connectivity index (χ0n) is 21.6. The van der Waals surface area contributed by atoms with Gasteiger partial charge in [-0.1, -0.05) is 37.3 Å². The minimum Gasteiger partial charge on any atom is -0.369 e. The number of carbonyl (C=O) groups is 1. The fraction of sp³-hybridized carbons (Fsp3) is 0.741. The maximum atomic E-state index is 13.4. The van der Waals surface area contributed by atoms with E-state index in [0.717, 1.165) is 18.6 Å². The van der Waals surface area contributed by atoms with Gasteiger partial charge in [-0.2, -0.15) is 11.8 Å². The maximum Gasteiger partial charge on any atom is 0.254 e. The second kappa shape index (κ2) is 9.62. The van der Waals surface area contributed by atoms with E-state index in [-0.39, 0.29) is 47.5 Å². The van der Waals surface area contributed by atoms with Gasteiger partial charge in [-0.25, -0.2) is 0 Å². The van der Waals surface area contributed by atoms with Crippen LogP contribution in [0.4, 0.5) is 0 Å². The first-order valence-corrected chi connectivity index (χ1v) is 13.9. The van der Waals surface area contributed by atoms with Crippen molar-refractivity contribution in [1.29, 1.82) is 0 Å². The number of amides is 1. The molecule has 0 aromatic heterocycles. The fourth-order valence-corrected chi connectivity index (χ4v) is 7.81. The predicted molar refractivity (Wildman–Crippen MR) is 134 cm³/mol. The summed E-state index contributed by atoms with van der Waals surface area (Å²) in [4.78, 5) is 15.4. The summed E-state index contributed by atoms with van der Waals surface area (Å²) in [6.07, 6.45) is 0.666. The molecule has 1 aromatic carbocycles. The molecule has 35 heavy (non-hydrogen) atoms. The second-order valence-corrected chi connectivity index (χ2v) is 12.3. The number of ether oxygens (including phenoxy) is 5. The highest BCUT2D eigenvalue weighted by atomic mass is 32.2. The van der Waals surface area contributed by atoms with Crippen molar-refractivity contribution < 1.29 is 28.5 Å². The van der Waals surface area contributed by atoms with Crippen LogP contribution < -0.4 is 0 Å². The van der Waals surface area contributed by atoms with Crippen molar-refractivity contribution in [2.24, 2.45) is 5.92 Å². The molecule has 0 N–H and O–H groups in total. The van der Waals surface area contributed by atoms with E-state index in [1.165, 1.54) is 5.56 Å². The number of thioether (sulfide) groups is 1. The Morgan fingerprint density at radius 1 is 1.03 bits per heavy atom. The number of methoxy groups -OCH3 is 1. The van der Waals surface area contributed by atoms with E-state index < -0.39 is 17.7 Å². The first kappa shape index (κ1) is 25.5. The third-order valence-electron chi connectivity index (χ3n) is 7.63. The van der Waals surface area contributed by atoms with Gasteiger partial charge in [0.1, 0.15) is 18.3 Å². The topological polar surface area (TPSA) is 66.5 Å². The molecule has 0 saturated carbocycles. The molecule has 0 spiro atoms. The molecule has 4 saturated heterocycles. The van der Waals surface area contributed by atoms with Crippen molar-refractivity contribution in [2.75, 3.05) is 19.5 Å². The quantitative estimate of drug-likeness (QED) is 0.500. The Labute approximate surface area is 213 Å². The molecule has 1 aromatic rings. The first-order chi connectivity index (χ1) is 16.7. The van der Waals surface area contributed by atoms with Gasteiger partial charge >= 0.3 is 0 Å². The summed E-state index contributed by atoms with van der Waals surface area (Å²) < 4.78 is 30.9. The number of fused-ring (bicyclic) bond motifs is 1. The van der Waals surface area contributed by atoms with Gasteiger partial charge in [0.2, 0.25) is 0 Å². The molecule has 0 bridgehead atoms. The number of carbonyl (C=O) groups excluding carboxylic acids is 1. The Bertz CT molecular complexity index is 910. The summed E-state index contributed by atoms with van der Waals surface area (Å²) in [6, 6.07) is 10.5. The molecule has 7 nitrogen and oxygen atoms in total. The molecular formula is C27H39NO6S. The molecular weight excluding hydrogens is 466 g/mol. The molecule has 0 aliphatic carbocycles. The molecule has 194 valence electrons. The zero-order valence-corrected chi connectivity index (χ0v) is 22.5. The van der Waals surface area contributed by atoms with E-state index in [1.807, 2.05) is 45.5 Å². The van der Waals surface area contributed by atoms with E-state index in [9.17, 15) is 4.79 Å². The fourth-order valence-electron chi connectivity index (χ4n) is 6.32. The standard InChI is InChI=1S/C27H39NO6S/c1-7-13-35-24-17(14-16-11-9-8-10-12-16)19-23(30-6)25(29)28(19)20(24)22-21(33-27(4,5)34-22)18-15-31-26(2,3)32-18/h8-12,17-24H,7,13-15H2,1-6H3/t17-,18-,19+,20-,21-,22-,23-,24+/m1/s1. The van der Waals surface area contributed by atoms with Crippen LogP contribution in [0.3, 0.4) is 0 Å². The Morgan fingerprint density at radius 2 is 1.74 bits per heavy atom. The average Bonchev–Trinajstić information content (AvgIpc) is 3.42. The minimum absolute atomic E-state index is 0.0252. The van der Waals surface area contributed by atoms with E-state index in [2.05, 4.69) is 36.1 Å². The number of nitrogens with zero attached hydrogens (tertiary/aromatic N) is 1. The van der Waals surface area contributed by atoms with Gasteiger partial charge in [-0.15, -0.1) is 0 Å². The third kappa shape index (κ3) is 4.66. The van der Waals surface area contributed by atoms with Crippen molar-refractivity contribution in [3.63, 3.8) is 0 Å². The molecule has 4 fully saturated rings. The number of β-lactam (4-membered cyclic amide) rings is 1. The highest BCUT2D eigenvalue weighted by Gasteiger charge is 2.67. The molecule has 1 amide bonds. The van der Waals surface area contributed by atoms with Gasteiger partial charge in [0.05, 0.1) is 18.7 Å². The normalized spacial score (nSPS) is 39.6. The van der Waals surface area contributed by atoms with Crippen LogP contribution in [-0.2, 0) is 34.9 Å². The lowest BCUT2D eigenvalue weighted by atomic mass is 9.84. The summed E-state index contributed by atoms with van der Waals surface area (Å²) in [7, 11) is 1.65. The van der Waals surface area contributed by atoms with Crippen molar-refractivity contribution in [2.45, 2.75) is 101 Å². The lowest BCUT2D eigenvalue weighted by Crippen LogP contribution is -2.68. The van der Waals surface area contributed by atoms with Crippen LogP contribution >= 0.6 is 11.8 Å². The van der Waals surface area contributed by atoms with Crippen molar-refractivity contribution >= 4 is 17.7 Å². The average molecular weight is 506 g/mol. The maximum absolute atomic E-state index is 13.4. The number of hydrogen-bond acceptors (Lipinski definition) is 7. The van der Waals surface area contributed by atoms with E-state index in [4.69, 9.17) is 23.7 Å². The van der Waals surface area contributed by atoms with Crippen LogP contribution in [0.2, 0.25) is 0 Å². The molecule has 4 aliphatic heterocycles. The van der Waals surface area contributed by atoms with E-state index in [1.54, 1.807) is 7.11 Å². The van der Waals surface area contributed by atoms with E-state index >= 15 is 0 Å². The Balaban J connectivity index is 1.50. The van der Waals surface area contributed by atoms with Crippen LogP contribution in [0, 0.1) is 5.92 Å². The minimum atomic E-state index is -0.771. The highest BCUT2D eigenvalue weighted by Crippen LogP contribution is 2.52. The molecule has 5 rings (SSSR count). The molecule has 4 aliphatic rings. The molecule has 8 heteroatoms. The van der Waals surface area contributed by atoms with Crippen LogP contribution in [0.25, 0.3) is 0 Å². The van der Waals surface area contributed by atoms with Gasteiger partial charge in [0.25, 0.3) is 5.91 Å². The second-order valence-electron chi connectivity index (χ2n) is 11.0. The van der Waals surface area contributed by atoms with Gasteiger partial charge in [-0.05, 0) is 51.9 Å². The smallest absolute Gasteiger partial charge is 0.254 e. The summed E-state index contributed by atoms with van der Waals surface area (Å²) in [5.41, 5.74) is 1.28. The van der Waals surface area contributed by atoms with Crippen LogP contribution in [-0.4, -0.2) is 83.6 Å². The first-order valence-electron chi connectivity index (χ1n) is 12.8. The Kier molecular flexibility index (Phi) is 7.00. The van der Waals surface area contributed by atoms with E-state index in [0.29, 0.717) is 6.61 Å². The van der Waals surface area contributed by atoms with Crippen molar-refractivity contribution in [1.82, 2.24) is 4.90 Å². The molecule has 8 atom stereocenters. The molecule has 0 unspecified atom stereocenters. The van der Waals surface area contributed by atoms with Crippen LogP contribution in [0.15, 0.2) is 30.3 Å². The molecule has 4 heterocycles. The van der Waals surface area contributed by atoms with Gasteiger partial charge in [-0.3, -0.25) is 4.79 Å². The summed E-state index contributed by atoms with van der Waals surface area (Å²) >= 11 is 1.96. The predicted octanol–water partition coefficient (Wildman–Crippen LogP) is 3.64. The number of rotatable bonds is 8. The lowest BCUT2D eigenvalue weighted by molar-refractivity contribution is -0.180. The Hall–Kier alpha value is -1.16. The summed E-state index contributed by atoms with van der Waals surface area (Å²) in [6.45, 7) is 10.4. The SMILES string of the molecule is CCCS[C@H]1[C@H](Cc2ccccc2)[C@H]2[C@@H](OC)C(=O)N2[C@@H]1[C@H]1OC(C)(C)O[C@@H]1[C@H]1COC(C)(C)O1. The largest absolute Gasteiger partial charge is 0.369 e. The Morgan fingerprint density at radius 3 is 2.37 bits per heavy atom. The lowest BCUT2D eigenvalue weighted by Gasteiger charge is -2.47. The van der Waals surface area contributed by atoms with Crippen LogP contribution in [0.5, 0.6) is 0 Å². The zero-order chi connectivity index (χ0) is 25.0. The van der Waals surface area contributed by atoms with Crippen LogP contribution in [0.1, 0.15) is 46.6 Å².